The summed E-state index contributed by atoms with van der Waals surface area (Å²) in [6.07, 6.45) is 4.36. The fraction of sp³-hybridized carbons (Fsp3) is 0.769. The number of carboxylic acids is 1. The van der Waals surface area contributed by atoms with Crippen molar-refractivity contribution in [3.05, 3.63) is 5.82 Å². The second-order valence-electron chi connectivity index (χ2n) is 5.32. The summed E-state index contributed by atoms with van der Waals surface area (Å²) in [5.74, 6) is 1.41. The van der Waals surface area contributed by atoms with Crippen LogP contribution in [0.4, 0.5) is 0 Å². The molecule has 0 amide bonds. The van der Waals surface area contributed by atoms with Gasteiger partial charge < -0.3 is 9.67 Å². The van der Waals surface area contributed by atoms with Gasteiger partial charge in [0.2, 0.25) is 0 Å². The second kappa shape index (κ2) is 6.85. The van der Waals surface area contributed by atoms with Crippen molar-refractivity contribution in [1.82, 2.24) is 14.8 Å². The van der Waals surface area contributed by atoms with E-state index in [0.29, 0.717) is 0 Å². The van der Waals surface area contributed by atoms with Gasteiger partial charge in [-0.05, 0) is 31.9 Å². The van der Waals surface area contributed by atoms with Gasteiger partial charge in [0.15, 0.2) is 5.16 Å². The van der Waals surface area contributed by atoms with E-state index in [1.54, 1.807) is 0 Å². The van der Waals surface area contributed by atoms with Gasteiger partial charge in [0, 0.05) is 17.7 Å². The van der Waals surface area contributed by atoms with Crippen molar-refractivity contribution in [2.24, 2.45) is 0 Å². The van der Waals surface area contributed by atoms with Crippen LogP contribution in [-0.2, 0) is 17.8 Å². The Hall–Kier alpha value is -0.690. The van der Waals surface area contributed by atoms with Crippen LogP contribution in [0.5, 0.6) is 0 Å². The van der Waals surface area contributed by atoms with Gasteiger partial charge in [-0.1, -0.05) is 18.7 Å². The SMILES string of the molecule is CCCc1nnc(SCC(=O)O)n1CC1(C)CCCS1. The highest BCUT2D eigenvalue weighted by molar-refractivity contribution is 8.00. The van der Waals surface area contributed by atoms with E-state index in [2.05, 4.69) is 28.6 Å². The molecule has 0 aliphatic carbocycles. The summed E-state index contributed by atoms with van der Waals surface area (Å²) in [5, 5.41) is 18.0. The average Bonchev–Trinajstić information content (AvgIpc) is 2.96. The lowest BCUT2D eigenvalue weighted by Gasteiger charge is -2.24. The van der Waals surface area contributed by atoms with E-state index in [9.17, 15) is 4.79 Å². The minimum Gasteiger partial charge on any atom is -0.481 e. The van der Waals surface area contributed by atoms with Crippen molar-refractivity contribution < 1.29 is 9.90 Å². The van der Waals surface area contributed by atoms with Gasteiger partial charge in [-0.2, -0.15) is 11.8 Å². The molecule has 1 atom stereocenters. The minimum absolute atomic E-state index is 0.0358. The first-order valence-electron chi connectivity index (χ1n) is 6.95. The van der Waals surface area contributed by atoms with Gasteiger partial charge >= 0.3 is 5.97 Å². The number of hydrogen-bond donors (Lipinski definition) is 1. The van der Waals surface area contributed by atoms with E-state index in [1.165, 1.54) is 30.4 Å². The molecule has 1 fully saturated rings. The highest BCUT2D eigenvalue weighted by Gasteiger charge is 2.31. The van der Waals surface area contributed by atoms with E-state index in [0.717, 1.165) is 30.4 Å². The Morgan fingerprint density at radius 2 is 2.35 bits per heavy atom. The fourth-order valence-electron chi connectivity index (χ4n) is 2.42. The molecule has 0 spiro atoms. The van der Waals surface area contributed by atoms with Crippen LogP contribution in [0.3, 0.4) is 0 Å². The normalized spacial score (nSPS) is 22.3. The van der Waals surface area contributed by atoms with Crippen LogP contribution in [0, 0.1) is 0 Å². The van der Waals surface area contributed by atoms with Gasteiger partial charge in [-0.15, -0.1) is 10.2 Å². The zero-order chi connectivity index (χ0) is 14.6. The number of aliphatic carboxylic acids is 1. The topological polar surface area (TPSA) is 68.0 Å². The van der Waals surface area contributed by atoms with Crippen molar-refractivity contribution in [1.29, 1.82) is 0 Å². The van der Waals surface area contributed by atoms with E-state index in [1.807, 2.05) is 11.8 Å². The quantitative estimate of drug-likeness (QED) is 0.780. The van der Waals surface area contributed by atoms with Crippen LogP contribution in [-0.4, -0.2) is 42.1 Å². The molecule has 0 bridgehead atoms. The molecule has 5 nitrogen and oxygen atoms in total. The monoisotopic (exact) mass is 315 g/mol. The van der Waals surface area contributed by atoms with E-state index in [-0.39, 0.29) is 10.5 Å². The van der Waals surface area contributed by atoms with Gasteiger partial charge in [0.05, 0.1) is 5.75 Å². The Kier molecular flexibility index (Phi) is 5.37. The van der Waals surface area contributed by atoms with E-state index >= 15 is 0 Å². The van der Waals surface area contributed by atoms with Gasteiger partial charge in [0.1, 0.15) is 5.82 Å². The molecule has 20 heavy (non-hydrogen) atoms. The van der Waals surface area contributed by atoms with Crippen LogP contribution in [0.1, 0.15) is 38.9 Å². The molecule has 1 aromatic heterocycles. The number of nitrogens with zero attached hydrogens (tertiary/aromatic N) is 3. The largest absolute Gasteiger partial charge is 0.481 e. The fourth-order valence-corrected chi connectivity index (χ4v) is 4.38. The smallest absolute Gasteiger partial charge is 0.313 e. The molecule has 0 aromatic carbocycles. The lowest BCUT2D eigenvalue weighted by Crippen LogP contribution is -2.25. The molecule has 1 unspecified atom stereocenters. The zero-order valence-electron chi connectivity index (χ0n) is 12.0. The Bertz CT molecular complexity index is 470. The maximum atomic E-state index is 10.7. The van der Waals surface area contributed by atoms with Crippen LogP contribution in [0.25, 0.3) is 0 Å². The third kappa shape index (κ3) is 3.91. The summed E-state index contributed by atoms with van der Waals surface area (Å²) in [7, 11) is 0. The minimum atomic E-state index is -0.817. The summed E-state index contributed by atoms with van der Waals surface area (Å²) in [5.41, 5.74) is 0. The van der Waals surface area contributed by atoms with Crippen LogP contribution >= 0.6 is 23.5 Å². The number of thioether (sulfide) groups is 2. The molecule has 0 saturated carbocycles. The standard InChI is InChI=1S/C13H21N3O2S2/c1-3-5-10-14-15-12(19-8-11(17)18)16(10)9-13(2)6-4-7-20-13/h3-9H2,1-2H3,(H,17,18). The number of carbonyl (C=O) groups is 1. The first-order chi connectivity index (χ1) is 9.54. The summed E-state index contributed by atoms with van der Waals surface area (Å²) < 4.78 is 2.36. The van der Waals surface area contributed by atoms with Crippen molar-refractivity contribution in [2.45, 2.75) is 56.0 Å². The number of hydrogen-bond acceptors (Lipinski definition) is 5. The highest BCUT2D eigenvalue weighted by Crippen LogP contribution is 2.40. The molecule has 1 N–H and O–H groups in total. The molecule has 0 radical (unpaired) electrons. The maximum Gasteiger partial charge on any atom is 0.313 e. The third-order valence-corrected chi connectivity index (χ3v) is 5.86. The van der Waals surface area contributed by atoms with Crippen LogP contribution < -0.4 is 0 Å². The first kappa shape index (κ1) is 15.7. The molecule has 1 aromatic rings. The van der Waals surface area contributed by atoms with Gasteiger partial charge in [-0.3, -0.25) is 4.79 Å². The molecular formula is C13H21N3O2S2. The molecule has 1 saturated heterocycles. The molecular weight excluding hydrogens is 294 g/mol. The third-order valence-electron chi connectivity index (χ3n) is 3.38. The summed E-state index contributed by atoms with van der Waals surface area (Å²) >= 11 is 3.27. The summed E-state index contributed by atoms with van der Waals surface area (Å²) in [4.78, 5) is 10.7. The van der Waals surface area contributed by atoms with E-state index in [4.69, 9.17) is 5.11 Å². The van der Waals surface area contributed by atoms with Crippen LogP contribution in [0.2, 0.25) is 0 Å². The van der Waals surface area contributed by atoms with Crippen molar-refractivity contribution in [2.75, 3.05) is 11.5 Å². The lowest BCUT2D eigenvalue weighted by atomic mass is 10.1. The van der Waals surface area contributed by atoms with E-state index < -0.39 is 5.97 Å². The van der Waals surface area contributed by atoms with Crippen molar-refractivity contribution in [3.63, 3.8) is 0 Å². The Labute approximate surface area is 127 Å². The highest BCUT2D eigenvalue weighted by atomic mass is 32.2. The Balaban J connectivity index is 2.17. The average molecular weight is 315 g/mol. The van der Waals surface area contributed by atoms with Gasteiger partial charge in [0.25, 0.3) is 0 Å². The lowest BCUT2D eigenvalue weighted by molar-refractivity contribution is -0.133. The van der Waals surface area contributed by atoms with Crippen LogP contribution in [0.15, 0.2) is 5.16 Å². The first-order valence-corrected chi connectivity index (χ1v) is 8.92. The maximum absolute atomic E-state index is 10.7. The Morgan fingerprint density at radius 3 is 2.95 bits per heavy atom. The Morgan fingerprint density at radius 1 is 1.55 bits per heavy atom. The number of aryl methyl sites for hydroxylation is 1. The number of carboxylic acid groups (broad SMARTS) is 1. The molecule has 2 rings (SSSR count). The predicted molar refractivity (Wildman–Crippen MR) is 82.5 cm³/mol. The van der Waals surface area contributed by atoms with Crippen molar-refractivity contribution in [3.8, 4) is 0 Å². The molecule has 2 heterocycles. The predicted octanol–water partition coefficient (Wildman–Crippen LogP) is 2.69. The summed E-state index contributed by atoms with van der Waals surface area (Å²) in [6.45, 7) is 5.28. The number of aromatic nitrogens is 3. The molecule has 1 aliphatic rings. The second-order valence-corrected chi connectivity index (χ2v) is 7.94. The summed E-state index contributed by atoms with van der Waals surface area (Å²) in [6, 6.07) is 0. The van der Waals surface area contributed by atoms with Crippen molar-refractivity contribution >= 4 is 29.5 Å². The zero-order valence-corrected chi connectivity index (χ0v) is 13.6. The van der Waals surface area contributed by atoms with Gasteiger partial charge in [-0.25, -0.2) is 0 Å². The number of rotatable bonds is 7. The molecule has 7 heteroatoms. The molecule has 1 aliphatic heterocycles. The molecule has 112 valence electrons.